The van der Waals surface area contributed by atoms with Gasteiger partial charge in [0.1, 0.15) is 18.1 Å². The van der Waals surface area contributed by atoms with Gasteiger partial charge in [0.15, 0.2) is 0 Å². The van der Waals surface area contributed by atoms with Gasteiger partial charge in [-0.15, -0.1) is 0 Å². The minimum atomic E-state index is -3.89. The van der Waals surface area contributed by atoms with Crippen LogP contribution in [0.4, 0.5) is 14.9 Å². The number of hydrogen-bond donors (Lipinski definition) is 2. The zero-order valence-corrected chi connectivity index (χ0v) is 19.6. The highest BCUT2D eigenvalue weighted by Gasteiger charge is 2.36. The molecular formula is C23H18FN3O6S2. The maximum absolute atomic E-state index is 13.1. The topological polar surface area (TPSA) is 126 Å². The van der Waals surface area contributed by atoms with Crippen molar-refractivity contribution in [2.75, 3.05) is 11.9 Å². The molecule has 1 aliphatic heterocycles. The summed E-state index contributed by atoms with van der Waals surface area (Å²) < 4.78 is 45.7. The van der Waals surface area contributed by atoms with Gasteiger partial charge >= 0.3 is 0 Å². The minimum Gasteiger partial charge on any atom is -0.468 e. The molecule has 180 valence electrons. The van der Waals surface area contributed by atoms with E-state index in [-0.39, 0.29) is 22.0 Å². The van der Waals surface area contributed by atoms with Crippen LogP contribution in [0.5, 0.6) is 0 Å². The Morgan fingerprint density at radius 2 is 1.86 bits per heavy atom. The lowest BCUT2D eigenvalue weighted by Crippen LogP contribution is -2.36. The van der Waals surface area contributed by atoms with Crippen LogP contribution < -0.4 is 10.0 Å². The second-order valence-electron chi connectivity index (χ2n) is 7.30. The second kappa shape index (κ2) is 10.3. The number of sulfonamides is 1. The molecule has 1 aromatic heterocycles. The third-order valence-electron chi connectivity index (χ3n) is 4.79. The SMILES string of the molecule is O=C(CN1C(=O)SC(=Cc2ccc(F)cc2)C1=O)Nc1cccc(S(=O)(=O)NCc2ccco2)c1. The number of nitrogens with zero attached hydrogens (tertiary/aromatic N) is 1. The highest BCUT2D eigenvalue weighted by molar-refractivity contribution is 8.18. The monoisotopic (exact) mass is 515 g/mol. The third-order valence-corrected chi connectivity index (χ3v) is 7.09. The molecule has 1 saturated heterocycles. The van der Waals surface area contributed by atoms with Gasteiger partial charge in [0.05, 0.1) is 22.6 Å². The molecule has 0 spiro atoms. The van der Waals surface area contributed by atoms with E-state index in [1.165, 1.54) is 60.9 Å². The summed E-state index contributed by atoms with van der Waals surface area (Å²) in [5.74, 6) is -1.34. The molecule has 0 bridgehead atoms. The Balaban J connectivity index is 1.40. The van der Waals surface area contributed by atoms with E-state index in [4.69, 9.17) is 4.42 Å². The molecule has 0 radical (unpaired) electrons. The number of furan rings is 1. The Morgan fingerprint density at radius 3 is 2.57 bits per heavy atom. The number of rotatable bonds is 8. The summed E-state index contributed by atoms with van der Waals surface area (Å²) in [6, 6.07) is 14.2. The van der Waals surface area contributed by atoms with Crippen molar-refractivity contribution in [1.29, 1.82) is 0 Å². The molecular weight excluding hydrogens is 497 g/mol. The van der Waals surface area contributed by atoms with E-state index in [1.54, 1.807) is 12.1 Å². The van der Waals surface area contributed by atoms with Crippen LogP contribution in [-0.2, 0) is 26.2 Å². The van der Waals surface area contributed by atoms with Crippen LogP contribution in [0.15, 0.2) is 81.1 Å². The standard InChI is InChI=1S/C23H18FN3O6S2/c24-16-8-6-15(7-9-16)11-20-22(29)27(23(30)34-20)14-21(28)26-17-3-1-5-19(12-17)35(31,32)25-13-18-4-2-10-33-18/h1-12,25H,13-14H2,(H,26,28). The number of hydrogen-bond acceptors (Lipinski definition) is 7. The van der Waals surface area contributed by atoms with E-state index < -0.39 is 39.4 Å². The predicted octanol–water partition coefficient (Wildman–Crippen LogP) is 3.57. The fraction of sp³-hybridized carbons (Fsp3) is 0.0870. The number of carbonyl (C=O) groups excluding carboxylic acids is 3. The van der Waals surface area contributed by atoms with Crippen molar-refractivity contribution in [3.05, 3.63) is 89.0 Å². The number of anilines is 1. The van der Waals surface area contributed by atoms with E-state index in [2.05, 4.69) is 10.0 Å². The molecule has 4 rings (SSSR count). The van der Waals surface area contributed by atoms with Crippen LogP contribution in [0.25, 0.3) is 6.08 Å². The van der Waals surface area contributed by atoms with Crippen molar-refractivity contribution in [1.82, 2.24) is 9.62 Å². The van der Waals surface area contributed by atoms with Crippen LogP contribution in [0.3, 0.4) is 0 Å². The third kappa shape index (κ3) is 6.04. The van der Waals surface area contributed by atoms with Gasteiger partial charge in [-0.2, -0.15) is 0 Å². The van der Waals surface area contributed by atoms with E-state index in [9.17, 15) is 27.2 Å². The highest BCUT2D eigenvalue weighted by atomic mass is 32.2. The molecule has 1 aliphatic rings. The number of halogens is 1. The average molecular weight is 516 g/mol. The lowest BCUT2D eigenvalue weighted by molar-refractivity contribution is -0.127. The quantitative estimate of drug-likeness (QED) is 0.439. The van der Waals surface area contributed by atoms with Crippen LogP contribution in [0, 0.1) is 5.82 Å². The molecule has 1 fully saturated rings. The average Bonchev–Trinajstić information content (AvgIpc) is 3.44. The van der Waals surface area contributed by atoms with E-state index in [1.807, 2.05) is 0 Å². The summed E-state index contributed by atoms with van der Waals surface area (Å²) in [7, 11) is -3.89. The first-order chi connectivity index (χ1) is 16.7. The second-order valence-corrected chi connectivity index (χ2v) is 10.1. The molecule has 0 unspecified atom stereocenters. The highest BCUT2D eigenvalue weighted by Crippen LogP contribution is 2.32. The molecule has 2 N–H and O–H groups in total. The van der Waals surface area contributed by atoms with Gasteiger partial charge in [-0.1, -0.05) is 18.2 Å². The Kier molecular flexibility index (Phi) is 7.15. The first-order valence-electron chi connectivity index (χ1n) is 10.1. The van der Waals surface area contributed by atoms with Crippen molar-refractivity contribution in [3.63, 3.8) is 0 Å². The summed E-state index contributed by atoms with van der Waals surface area (Å²) in [4.78, 5) is 38.2. The summed E-state index contributed by atoms with van der Waals surface area (Å²) in [6.45, 7) is -0.601. The maximum atomic E-state index is 13.1. The number of thioether (sulfide) groups is 1. The van der Waals surface area contributed by atoms with Crippen molar-refractivity contribution in [2.24, 2.45) is 0 Å². The van der Waals surface area contributed by atoms with Gasteiger partial charge in [0.2, 0.25) is 15.9 Å². The number of benzene rings is 2. The molecule has 12 heteroatoms. The van der Waals surface area contributed by atoms with E-state index in [0.29, 0.717) is 23.1 Å². The zero-order chi connectivity index (χ0) is 25.0. The normalized spacial score (nSPS) is 15.1. The van der Waals surface area contributed by atoms with Crippen LogP contribution in [0.2, 0.25) is 0 Å². The fourth-order valence-electron chi connectivity index (χ4n) is 3.09. The van der Waals surface area contributed by atoms with Crippen molar-refractivity contribution in [2.45, 2.75) is 11.4 Å². The van der Waals surface area contributed by atoms with Gasteiger partial charge in [0.25, 0.3) is 11.1 Å². The first kappa shape index (κ1) is 24.4. The molecule has 0 atom stereocenters. The molecule has 3 amide bonds. The molecule has 2 aromatic carbocycles. The largest absolute Gasteiger partial charge is 0.468 e. The van der Waals surface area contributed by atoms with E-state index in [0.717, 1.165) is 4.90 Å². The lowest BCUT2D eigenvalue weighted by atomic mass is 10.2. The summed E-state index contributed by atoms with van der Waals surface area (Å²) in [6.07, 6.45) is 2.86. The van der Waals surface area contributed by atoms with Gasteiger partial charge < -0.3 is 9.73 Å². The first-order valence-corrected chi connectivity index (χ1v) is 12.4. The molecule has 0 saturated carbocycles. The molecule has 35 heavy (non-hydrogen) atoms. The Hall–Kier alpha value is -3.74. The fourth-order valence-corrected chi connectivity index (χ4v) is 4.97. The summed E-state index contributed by atoms with van der Waals surface area (Å²) in [5, 5.41) is 1.87. The number of nitrogens with one attached hydrogen (secondary N) is 2. The van der Waals surface area contributed by atoms with Gasteiger partial charge in [0, 0.05) is 5.69 Å². The Morgan fingerprint density at radius 1 is 1.09 bits per heavy atom. The van der Waals surface area contributed by atoms with Crippen molar-refractivity contribution < 1.29 is 31.6 Å². The van der Waals surface area contributed by atoms with Gasteiger partial charge in [-0.3, -0.25) is 19.3 Å². The molecule has 3 aromatic rings. The smallest absolute Gasteiger partial charge is 0.294 e. The molecule has 0 aliphatic carbocycles. The maximum Gasteiger partial charge on any atom is 0.294 e. The van der Waals surface area contributed by atoms with Gasteiger partial charge in [-0.05, 0) is 65.9 Å². The van der Waals surface area contributed by atoms with Gasteiger partial charge in [-0.25, -0.2) is 17.5 Å². The van der Waals surface area contributed by atoms with Crippen LogP contribution in [0.1, 0.15) is 11.3 Å². The minimum absolute atomic E-state index is 0.0451. The number of imide groups is 1. The van der Waals surface area contributed by atoms with Crippen LogP contribution >= 0.6 is 11.8 Å². The van der Waals surface area contributed by atoms with Crippen molar-refractivity contribution >= 4 is 50.6 Å². The molecule has 9 nitrogen and oxygen atoms in total. The van der Waals surface area contributed by atoms with Crippen LogP contribution in [-0.4, -0.2) is 36.9 Å². The molecule has 2 heterocycles. The number of carbonyl (C=O) groups is 3. The predicted molar refractivity (Wildman–Crippen MR) is 127 cm³/mol. The summed E-state index contributed by atoms with van der Waals surface area (Å²) >= 11 is 0.669. The zero-order valence-electron chi connectivity index (χ0n) is 17.9. The van der Waals surface area contributed by atoms with Crippen molar-refractivity contribution in [3.8, 4) is 0 Å². The Bertz CT molecular complexity index is 1400. The summed E-state index contributed by atoms with van der Waals surface area (Å²) in [5.41, 5.74) is 0.699. The number of amides is 3. The Labute approximate surface area is 204 Å². The van der Waals surface area contributed by atoms with E-state index >= 15 is 0 Å². The lowest BCUT2D eigenvalue weighted by Gasteiger charge is -2.13.